The molecule has 1 aromatic carbocycles. The Morgan fingerprint density at radius 1 is 1.42 bits per heavy atom. The van der Waals surface area contributed by atoms with E-state index in [1.165, 1.54) is 7.05 Å². The minimum absolute atomic E-state index is 0.0294. The van der Waals surface area contributed by atoms with Crippen molar-refractivity contribution in [2.75, 3.05) is 26.7 Å². The van der Waals surface area contributed by atoms with Crippen LogP contribution in [0.25, 0.3) is 0 Å². The minimum atomic E-state index is -0.374. The molecule has 0 spiro atoms. The predicted octanol–water partition coefficient (Wildman–Crippen LogP) is 2.31. The summed E-state index contributed by atoms with van der Waals surface area (Å²) in [5, 5.41) is 7.13. The van der Waals surface area contributed by atoms with Crippen molar-refractivity contribution in [3.8, 4) is 0 Å². The van der Waals surface area contributed by atoms with Crippen LogP contribution < -0.4 is 5.32 Å². The van der Waals surface area contributed by atoms with Crippen molar-refractivity contribution in [1.29, 1.82) is 0 Å². The molecular weight excluding hydrogens is 355 g/mol. The molecule has 3 rings (SSSR count). The van der Waals surface area contributed by atoms with Gasteiger partial charge in [0.2, 0.25) is 5.89 Å². The number of hydrogen-bond donors (Lipinski definition) is 1. The zero-order valence-electron chi connectivity index (χ0n) is 13.0. The van der Waals surface area contributed by atoms with Crippen LogP contribution in [0, 0.1) is 0 Å². The Morgan fingerprint density at radius 3 is 3.00 bits per heavy atom. The van der Waals surface area contributed by atoms with Crippen LogP contribution in [0.15, 0.2) is 22.7 Å². The second kappa shape index (κ2) is 7.48. The van der Waals surface area contributed by atoms with Gasteiger partial charge in [-0.15, -0.1) is 0 Å². The Bertz CT molecular complexity index is 737. The molecule has 7 nitrogen and oxygen atoms in total. The van der Waals surface area contributed by atoms with Crippen molar-refractivity contribution in [2.24, 2.45) is 0 Å². The molecule has 0 unspecified atom stereocenters. The maximum absolute atomic E-state index is 11.5. The third kappa shape index (κ3) is 3.87. The van der Waals surface area contributed by atoms with Gasteiger partial charge >= 0.3 is 0 Å². The summed E-state index contributed by atoms with van der Waals surface area (Å²) in [6.45, 7) is 2.40. The van der Waals surface area contributed by atoms with Crippen LogP contribution in [0.2, 0.25) is 10.0 Å². The SMILES string of the molecule is CNC(=O)c1noc(CN2CCO[C@H](c3ccc(Cl)c(Cl)c3)C2)n1. The highest BCUT2D eigenvalue weighted by Crippen LogP contribution is 2.29. The maximum atomic E-state index is 11.5. The number of nitrogens with zero attached hydrogens (tertiary/aromatic N) is 3. The van der Waals surface area contributed by atoms with Gasteiger partial charge in [0.1, 0.15) is 0 Å². The van der Waals surface area contributed by atoms with Crippen molar-refractivity contribution in [3.63, 3.8) is 0 Å². The average Bonchev–Trinajstić information content (AvgIpc) is 3.05. The number of hydrogen-bond acceptors (Lipinski definition) is 6. The molecule has 1 N–H and O–H groups in total. The van der Waals surface area contributed by atoms with Gasteiger partial charge in [0.15, 0.2) is 0 Å². The van der Waals surface area contributed by atoms with Crippen LogP contribution in [0.3, 0.4) is 0 Å². The zero-order chi connectivity index (χ0) is 17.1. The lowest BCUT2D eigenvalue weighted by atomic mass is 10.1. The lowest BCUT2D eigenvalue weighted by Gasteiger charge is -2.32. The van der Waals surface area contributed by atoms with Gasteiger partial charge in [0.05, 0.1) is 29.3 Å². The van der Waals surface area contributed by atoms with Gasteiger partial charge in [-0.2, -0.15) is 4.98 Å². The number of benzene rings is 1. The van der Waals surface area contributed by atoms with Crippen LogP contribution in [0.4, 0.5) is 0 Å². The van der Waals surface area contributed by atoms with E-state index < -0.39 is 0 Å². The van der Waals surface area contributed by atoms with Gasteiger partial charge in [-0.3, -0.25) is 9.69 Å². The Morgan fingerprint density at radius 2 is 2.25 bits per heavy atom. The van der Waals surface area contributed by atoms with Crippen LogP contribution in [0.5, 0.6) is 0 Å². The third-order valence-corrected chi connectivity index (χ3v) is 4.46. The fourth-order valence-corrected chi connectivity index (χ4v) is 2.78. The first-order valence-electron chi connectivity index (χ1n) is 7.40. The fraction of sp³-hybridized carbons (Fsp3) is 0.400. The monoisotopic (exact) mass is 370 g/mol. The van der Waals surface area contributed by atoms with Gasteiger partial charge in [-0.05, 0) is 17.7 Å². The van der Waals surface area contributed by atoms with E-state index in [1.807, 2.05) is 12.1 Å². The zero-order valence-corrected chi connectivity index (χ0v) is 14.5. The number of halogens is 2. The van der Waals surface area contributed by atoms with Crippen molar-refractivity contribution in [2.45, 2.75) is 12.6 Å². The molecule has 1 aliphatic rings. The first kappa shape index (κ1) is 17.2. The molecule has 0 radical (unpaired) electrons. The van der Waals surface area contributed by atoms with Gasteiger partial charge in [0, 0.05) is 20.1 Å². The predicted molar refractivity (Wildman–Crippen MR) is 88.1 cm³/mol. The smallest absolute Gasteiger partial charge is 0.292 e. The summed E-state index contributed by atoms with van der Waals surface area (Å²) in [5.41, 5.74) is 0.964. The molecule has 1 atom stereocenters. The number of carbonyl (C=O) groups excluding carboxylic acids is 1. The number of nitrogens with one attached hydrogen (secondary N) is 1. The van der Waals surface area contributed by atoms with Gasteiger partial charge in [-0.1, -0.05) is 34.4 Å². The Labute approximate surface area is 148 Å². The van der Waals surface area contributed by atoms with Gasteiger partial charge < -0.3 is 14.6 Å². The van der Waals surface area contributed by atoms with Gasteiger partial charge in [-0.25, -0.2) is 0 Å². The fourth-order valence-electron chi connectivity index (χ4n) is 2.47. The number of rotatable bonds is 4. The van der Waals surface area contributed by atoms with E-state index in [1.54, 1.807) is 6.07 Å². The maximum Gasteiger partial charge on any atom is 0.292 e. The highest BCUT2D eigenvalue weighted by molar-refractivity contribution is 6.42. The lowest BCUT2D eigenvalue weighted by Crippen LogP contribution is -2.37. The largest absolute Gasteiger partial charge is 0.371 e. The second-order valence-corrected chi connectivity index (χ2v) is 6.17. The first-order chi connectivity index (χ1) is 11.6. The molecule has 0 saturated carbocycles. The van der Waals surface area contributed by atoms with Crippen LogP contribution >= 0.6 is 23.2 Å². The average molecular weight is 371 g/mol. The molecule has 0 bridgehead atoms. The van der Waals surface area contributed by atoms with Crippen molar-refractivity contribution < 1.29 is 14.1 Å². The highest BCUT2D eigenvalue weighted by atomic mass is 35.5. The number of aromatic nitrogens is 2. The highest BCUT2D eigenvalue weighted by Gasteiger charge is 2.24. The van der Waals surface area contributed by atoms with Crippen molar-refractivity contribution >= 4 is 29.1 Å². The van der Waals surface area contributed by atoms with E-state index in [9.17, 15) is 4.79 Å². The summed E-state index contributed by atoms with van der Waals surface area (Å²) in [5.74, 6) is 0.0471. The molecule has 128 valence electrons. The quantitative estimate of drug-likeness (QED) is 0.889. The number of morpholine rings is 1. The molecule has 1 aromatic heterocycles. The third-order valence-electron chi connectivity index (χ3n) is 3.72. The van der Waals surface area contributed by atoms with Crippen molar-refractivity contribution in [3.05, 3.63) is 45.5 Å². The molecule has 0 aliphatic carbocycles. The van der Waals surface area contributed by atoms with Crippen LogP contribution in [-0.4, -0.2) is 47.7 Å². The second-order valence-electron chi connectivity index (χ2n) is 5.36. The van der Waals surface area contributed by atoms with E-state index in [4.69, 9.17) is 32.5 Å². The normalized spacial score (nSPS) is 18.5. The molecule has 9 heteroatoms. The molecule has 2 heterocycles. The summed E-state index contributed by atoms with van der Waals surface area (Å²) >= 11 is 12.0. The van der Waals surface area contributed by atoms with E-state index in [-0.39, 0.29) is 17.8 Å². The van der Waals surface area contributed by atoms with E-state index in [0.717, 1.165) is 12.1 Å². The molecule has 1 aliphatic heterocycles. The summed E-state index contributed by atoms with van der Waals surface area (Å²) in [7, 11) is 1.52. The first-order valence-corrected chi connectivity index (χ1v) is 8.16. The summed E-state index contributed by atoms with van der Waals surface area (Å²) in [6, 6.07) is 5.47. The molecule has 2 aromatic rings. The summed E-state index contributed by atoms with van der Waals surface area (Å²) in [6.07, 6.45) is -0.116. The van der Waals surface area contributed by atoms with E-state index in [2.05, 4.69) is 20.4 Å². The Hall–Kier alpha value is -1.67. The minimum Gasteiger partial charge on any atom is -0.371 e. The van der Waals surface area contributed by atoms with E-state index >= 15 is 0 Å². The summed E-state index contributed by atoms with van der Waals surface area (Å²) < 4.78 is 10.9. The molecule has 1 amide bonds. The van der Waals surface area contributed by atoms with Gasteiger partial charge in [0.25, 0.3) is 11.7 Å². The molecule has 1 fully saturated rings. The van der Waals surface area contributed by atoms with Crippen LogP contribution in [0.1, 0.15) is 28.2 Å². The number of carbonyl (C=O) groups is 1. The molecular formula is C15H16Cl2N4O3. The van der Waals surface area contributed by atoms with Crippen molar-refractivity contribution in [1.82, 2.24) is 20.4 Å². The van der Waals surface area contributed by atoms with E-state index in [0.29, 0.717) is 35.6 Å². The Balaban J connectivity index is 1.66. The summed E-state index contributed by atoms with van der Waals surface area (Å²) in [4.78, 5) is 17.7. The molecule has 1 saturated heterocycles. The number of ether oxygens (including phenoxy) is 1. The molecule has 24 heavy (non-hydrogen) atoms. The lowest BCUT2D eigenvalue weighted by molar-refractivity contribution is -0.0355. The van der Waals surface area contributed by atoms with Crippen LogP contribution in [-0.2, 0) is 11.3 Å². The topological polar surface area (TPSA) is 80.5 Å². The Kier molecular flexibility index (Phi) is 5.35. The number of amides is 1. The standard InChI is InChI=1S/C15H16Cl2N4O3/c1-18-15(22)14-19-13(24-20-14)8-21-4-5-23-12(7-21)9-2-3-10(16)11(17)6-9/h2-3,6,12H,4-5,7-8H2,1H3,(H,18,22)/t12-/m0/s1.